The Morgan fingerprint density at radius 2 is 2.00 bits per heavy atom. The Balaban J connectivity index is 2.15. The summed E-state index contributed by atoms with van der Waals surface area (Å²) in [5.41, 5.74) is 0.875. The van der Waals surface area contributed by atoms with E-state index in [9.17, 15) is 4.39 Å². The van der Waals surface area contributed by atoms with Crippen LogP contribution < -0.4 is 4.74 Å². The first-order chi connectivity index (χ1) is 9.10. The summed E-state index contributed by atoms with van der Waals surface area (Å²) in [7, 11) is 0. The standard InChI is InChI=1S/C15H20FNO2/c1-10-3-6-13(7-4-10)19-15-8-5-12(16)9-14(15)11(2)17-18/h5,8-10,13,18H,3-4,6-7H2,1-2H3. The van der Waals surface area contributed by atoms with Gasteiger partial charge in [0.05, 0.1) is 11.8 Å². The lowest BCUT2D eigenvalue weighted by Crippen LogP contribution is -2.23. The van der Waals surface area contributed by atoms with Gasteiger partial charge in [-0.1, -0.05) is 12.1 Å². The summed E-state index contributed by atoms with van der Waals surface area (Å²) in [6.45, 7) is 3.88. The van der Waals surface area contributed by atoms with Gasteiger partial charge in [-0.05, 0) is 56.7 Å². The molecule has 0 radical (unpaired) electrons. The summed E-state index contributed by atoms with van der Waals surface area (Å²) < 4.78 is 19.2. The van der Waals surface area contributed by atoms with Crippen molar-refractivity contribution in [2.45, 2.75) is 45.6 Å². The van der Waals surface area contributed by atoms with E-state index in [-0.39, 0.29) is 11.9 Å². The van der Waals surface area contributed by atoms with Gasteiger partial charge in [0.1, 0.15) is 11.6 Å². The number of benzene rings is 1. The molecule has 1 N–H and O–H groups in total. The Kier molecular flexibility index (Phi) is 4.40. The van der Waals surface area contributed by atoms with Crippen LogP contribution in [-0.4, -0.2) is 17.0 Å². The number of nitrogens with zero attached hydrogens (tertiary/aromatic N) is 1. The second kappa shape index (κ2) is 6.04. The molecule has 0 heterocycles. The monoisotopic (exact) mass is 265 g/mol. The Bertz CT molecular complexity index is 465. The van der Waals surface area contributed by atoms with Gasteiger partial charge in [-0.2, -0.15) is 0 Å². The summed E-state index contributed by atoms with van der Waals surface area (Å²) >= 11 is 0. The zero-order chi connectivity index (χ0) is 13.8. The second-order valence-electron chi connectivity index (χ2n) is 5.33. The summed E-state index contributed by atoms with van der Waals surface area (Å²) in [6.07, 6.45) is 4.54. The highest BCUT2D eigenvalue weighted by Gasteiger charge is 2.21. The number of hydrogen-bond acceptors (Lipinski definition) is 3. The molecule has 0 spiro atoms. The summed E-state index contributed by atoms with van der Waals surface area (Å²) in [5, 5.41) is 12.0. The van der Waals surface area contributed by atoms with Crippen molar-refractivity contribution in [2.24, 2.45) is 11.1 Å². The minimum Gasteiger partial charge on any atom is -0.490 e. The Morgan fingerprint density at radius 3 is 2.63 bits per heavy atom. The van der Waals surface area contributed by atoms with Crippen LogP contribution in [0.3, 0.4) is 0 Å². The molecule has 0 aromatic heterocycles. The average Bonchev–Trinajstić information content (AvgIpc) is 2.42. The third-order valence-electron chi connectivity index (χ3n) is 3.74. The van der Waals surface area contributed by atoms with E-state index in [1.807, 2.05) is 0 Å². The van der Waals surface area contributed by atoms with E-state index in [1.165, 1.54) is 12.1 Å². The molecular formula is C15H20FNO2. The van der Waals surface area contributed by atoms with Crippen LogP contribution in [0.15, 0.2) is 23.4 Å². The Morgan fingerprint density at radius 1 is 1.32 bits per heavy atom. The maximum absolute atomic E-state index is 13.3. The van der Waals surface area contributed by atoms with Gasteiger partial charge < -0.3 is 9.94 Å². The van der Waals surface area contributed by atoms with E-state index in [0.717, 1.165) is 31.6 Å². The molecule has 19 heavy (non-hydrogen) atoms. The van der Waals surface area contributed by atoms with E-state index in [4.69, 9.17) is 9.94 Å². The van der Waals surface area contributed by atoms with Crippen LogP contribution in [0.5, 0.6) is 5.75 Å². The van der Waals surface area contributed by atoms with Crippen LogP contribution in [0, 0.1) is 11.7 Å². The molecule has 2 rings (SSSR count). The minimum absolute atomic E-state index is 0.173. The first-order valence-corrected chi connectivity index (χ1v) is 6.75. The highest BCUT2D eigenvalue weighted by atomic mass is 19.1. The largest absolute Gasteiger partial charge is 0.490 e. The fraction of sp³-hybridized carbons (Fsp3) is 0.533. The summed E-state index contributed by atoms with van der Waals surface area (Å²) in [4.78, 5) is 0. The van der Waals surface area contributed by atoms with Gasteiger partial charge in [0.2, 0.25) is 0 Å². The maximum atomic E-state index is 13.3. The smallest absolute Gasteiger partial charge is 0.129 e. The molecule has 0 amide bonds. The molecule has 0 unspecified atom stereocenters. The van der Waals surface area contributed by atoms with Gasteiger partial charge in [-0.3, -0.25) is 0 Å². The molecule has 0 bridgehead atoms. The van der Waals surface area contributed by atoms with Crippen molar-refractivity contribution < 1.29 is 14.3 Å². The first kappa shape index (κ1) is 13.8. The molecule has 1 aliphatic carbocycles. The van der Waals surface area contributed by atoms with Gasteiger partial charge in [-0.25, -0.2) is 4.39 Å². The summed E-state index contributed by atoms with van der Waals surface area (Å²) in [6, 6.07) is 4.32. The van der Waals surface area contributed by atoms with Crippen molar-refractivity contribution in [2.75, 3.05) is 0 Å². The molecule has 1 aromatic rings. The first-order valence-electron chi connectivity index (χ1n) is 6.75. The molecule has 104 valence electrons. The van der Waals surface area contributed by atoms with Crippen LogP contribution in [-0.2, 0) is 0 Å². The van der Waals surface area contributed by atoms with E-state index < -0.39 is 0 Å². The Hall–Kier alpha value is -1.58. The van der Waals surface area contributed by atoms with E-state index in [2.05, 4.69) is 12.1 Å². The van der Waals surface area contributed by atoms with Crippen LogP contribution in [0.2, 0.25) is 0 Å². The lowest BCUT2D eigenvalue weighted by Gasteiger charge is -2.27. The maximum Gasteiger partial charge on any atom is 0.129 e. The van der Waals surface area contributed by atoms with Crippen molar-refractivity contribution >= 4 is 5.71 Å². The fourth-order valence-electron chi connectivity index (χ4n) is 2.47. The van der Waals surface area contributed by atoms with Crippen LogP contribution >= 0.6 is 0 Å². The third-order valence-corrected chi connectivity index (χ3v) is 3.74. The lowest BCUT2D eigenvalue weighted by molar-refractivity contribution is 0.135. The van der Waals surface area contributed by atoms with E-state index in [0.29, 0.717) is 17.0 Å². The van der Waals surface area contributed by atoms with Gasteiger partial charge >= 0.3 is 0 Å². The molecular weight excluding hydrogens is 245 g/mol. The molecule has 1 saturated carbocycles. The van der Waals surface area contributed by atoms with Gasteiger partial charge in [0.25, 0.3) is 0 Å². The molecule has 1 aliphatic rings. The highest BCUT2D eigenvalue weighted by molar-refractivity contribution is 6.00. The van der Waals surface area contributed by atoms with Gasteiger partial charge in [0, 0.05) is 5.56 Å². The molecule has 0 saturated heterocycles. The third kappa shape index (κ3) is 3.46. The molecule has 0 atom stereocenters. The molecule has 4 heteroatoms. The molecule has 1 fully saturated rings. The predicted octanol–water partition coefficient (Wildman–Crippen LogP) is 3.98. The normalized spacial score (nSPS) is 24.3. The zero-order valence-corrected chi connectivity index (χ0v) is 11.4. The zero-order valence-electron chi connectivity index (χ0n) is 11.4. The van der Waals surface area contributed by atoms with Crippen molar-refractivity contribution in [3.05, 3.63) is 29.6 Å². The van der Waals surface area contributed by atoms with Crippen molar-refractivity contribution in [1.82, 2.24) is 0 Å². The number of hydrogen-bond donors (Lipinski definition) is 1. The number of oxime groups is 1. The van der Waals surface area contributed by atoms with E-state index >= 15 is 0 Å². The second-order valence-corrected chi connectivity index (χ2v) is 5.33. The molecule has 1 aromatic carbocycles. The quantitative estimate of drug-likeness (QED) is 0.510. The lowest BCUT2D eigenvalue weighted by atomic mass is 9.89. The van der Waals surface area contributed by atoms with Gasteiger partial charge in [-0.15, -0.1) is 0 Å². The minimum atomic E-state index is -0.359. The van der Waals surface area contributed by atoms with E-state index in [1.54, 1.807) is 13.0 Å². The van der Waals surface area contributed by atoms with Gasteiger partial charge in [0.15, 0.2) is 0 Å². The Labute approximate surface area is 113 Å². The molecule has 0 aliphatic heterocycles. The number of halogens is 1. The van der Waals surface area contributed by atoms with Crippen molar-refractivity contribution in [3.8, 4) is 5.75 Å². The van der Waals surface area contributed by atoms with Crippen LogP contribution in [0.25, 0.3) is 0 Å². The van der Waals surface area contributed by atoms with Crippen LogP contribution in [0.1, 0.15) is 45.1 Å². The molecule has 3 nitrogen and oxygen atoms in total. The van der Waals surface area contributed by atoms with Crippen LogP contribution in [0.4, 0.5) is 4.39 Å². The topological polar surface area (TPSA) is 41.8 Å². The number of rotatable bonds is 3. The predicted molar refractivity (Wildman–Crippen MR) is 72.4 cm³/mol. The summed E-state index contributed by atoms with van der Waals surface area (Å²) in [5.74, 6) is 0.993. The SMILES string of the molecule is CC(=NO)c1cc(F)ccc1OC1CCC(C)CC1. The fourth-order valence-corrected chi connectivity index (χ4v) is 2.47. The van der Waals surface area contributed by atoms with Crippen molar-refractivity contribution in [3.63, 3.8) is 0 Å². The highest BCUT2D eigenvalue weighted by Crippen LogP contribution is 2.29. The average molecular weight is 265 g/mol. The van der Waals surface area contributed by atoms with Crippen molar-refractivity contribution in [1.29, 1.82) is 0 Å². The number of ether oxygens (including phenoxy) is 1.